The molecule has 0 aliphatic carbocycles. The monoisotopic (exact) mass is 256 g/mol. The van der Waals surface area contributed by atoms with Crippen molar-refractivity contribution in [3.63, 3.8) is 0 Å². The van der Waals surface area contributed by atoms with Crippen LogP contribution in [0.3, 0.4) is 0 Å². The molecule has 0 spiro atoms. The molecule has 1 aromatic rings. The first-order valence-electron chi connectivity index (χ1n) is 5.79. The molecule has 0 bridgehead atoms. The summed E-state index contributed by atoms with van der Waals surface area (Å²) >= 11 is 0. The van der Waals surface area contributed by atoms with Crippen LogP contribution >= 0.6 is 0 Å². The highest BCUT2D eigenvalue weighted by Gasteiger charge is 2.41. The molecular formula is C13H14F2O3. The van der Waals surface area contributed by atoms with Crippen LogP contribution in [0.4, 0.5) is 8.78 Å². The molecule has 1 heterocycles. The summed E-state index contributed by atoms with van der Waals surface area (Å²) in [5.74, 6) is -2.48. The van der Waals surface area contributed by atoms with Gasteiger partial charge in [-0.25, -0.2) is 8.78 Å². The SMILES string of the molecule is O=C(O)C1(Cc2c(F)cccc2F)CCCOC1. The van der Waals surface area contributed by atoms with Crippen LogP contribution in [0.5, 0.6) is 0 Å². The number of benzene rings is 1. The van der Waals surface area contributed by atoms with Gasteiger partial charge in [-0.1, -0.05) is 6.07 Å². The Morgan fingerprint density at radius 1 is 1.39 bits per heavy atom. The molecule has 0 amide bonds. The second kappa shape index (κ2) is 5.02. The third-order valence-electron chi connectivity index (χ3n) is 3.35. The molecule has 1 aromatic carbocycles. The molecule has 1 atom stereocenters. The summed E-state index contributed by atoms with van der Waals surface area (Å²) in [7, 11) is 0. The van der Waals surface area contributed by atoms with Crippen LogP contribution in [0.15, 0.2) is 18.2 Å². The lowest BCUT2D eigenvalue weighted by Crippen LogP contribution is -2.41. The van der Waals surface area contributed by atoms with Gasteiger partial charge in [0, 0.05) is 12.2 Å². The molecule has 98 valence electrons. The Bertz CT molecular complexity index is 433. The number of halogens is 2. The summed E-state index contributed by atoms with van der Waals surface area (Å²) in [6.07, 6.45) is 0.777. The lowest BCUT2D eigenvalue weighted by Gasteiger charge is -2.33. The molecule has 1 unspecified atom stereocenters. The van der Waals surface area contributed by atoms with Gasteiger partial charge in [0.25, 0.3) is 0 Å². The van der Waals surface area contributed by atoms with Gasteiger partial charge in [-0.05, 0) is 31.4 Å². The summed E-state index contributed by atoms with van der Waals surface area (Å²) in [4.78, 5) is 11.4. The molecule has 1 aliphatic rings. The predicted molar refractivity (Wildman–Crippen MR) is 60.2 cm³/mol. The van der Waals surface area contributed by atoms with Crippen molar-refractivity contribution in [1.29, 1.82) is 0 Å². The highest BCUT2D eigenvalue weighted by atomic mass is 19.1. The highest BCUT2D eigenvalue weighted by molar-refractivity contribution is 5.75. The summed E-state index contributed by atoms with van der Waals surface area (Å²) in [5, 5.41) is 9.31. The molecule has 3 nitrogen and oxygen atoms in total. The number of rotatable bonds is 3. The Morgan fingerprint density at radius 2 is 2.06 bits per heavy atom. The van der Waals surface area contributed by atoms with E-state index in [0.29, 0.717) is 19.4 Å². The van der Waals surface area contributed by atoms with E-state index in [1.165, 1.54) is 6.07 Å². The Balaban J connectivity index is 2.32. The molecule has 1 N–H and O–H groups in total. The van der Waals surface area contributed by atoms with E-state index in [4.69, 9.17) is 4.74 Å². The Labute approximate surface area is 103 Å². The zero-order valence-corrected chi connectivity index (χ0v) is 9.79. The lowest BCUT2D eigenvalue weighted by atomic mass is 9.77. The maximum absolute atomic E-state index is 13.6. The Morgan fingerprint density at radius 3 is 2.56 bits per heavy atom. The van der Waals surface area contributed by atoms with Crippen LogP contribution in [0.1, 0.15) is 18.4 Å². The maximum Gasteiger partial charge on any atom is 0.312 e. The minimum Gasteiger partial charge on any atom is -0.481 e. The van der Waals surface area contributed by atoms with Crippen LogP contribution in [-0.2, 0) is 16.0 Å². The Hall–Kier alpha value is -1.49. The first kappa shape index (κ1) is 13.0. The molecule has 1 aliphatic heterocycles. The van der Waals surface area contributed by atoms with Crippen LogP contribution in [-0.4, -0.2) is 24.3 Å². The van der Waals surface area contributed by atoms with Crippen molar-refractivity contribution < 1.29 is 23.4 Å². The summed E-state index contributed by atoms with van der Waals surface area (Å²) in [6, 6.07) is 3.54. The molecule has 0 aromatic heterocycles. The van der Waals surface area contributed by atoms with Crippen LogP contribution in [0, 0.1) is 17.0 Å². The number of carbonyl (C=O) groups is 1. The van der Waals surface area contributed by atoms with Gasteiger partial charge >= 0.3 is 5.97 Å². The van der Waals surface area contributed by atoms with Gasteiger partial charge in [-0.2, -0.15) is 0 Å². The second-order valence-corrected chi connectivity index (χ2v) is 4.62. The molecule has 1 saturated heterocycles. The van der Waals surface area contributed by atoms with E-state index in [9.17, 15) is 18.7 Å². The molecule has 5 heteroatoms. The Kier molecular flexibility index (Phi) is 3.61. The van der Waals surface area contributed by atoms with Crippen molar-refractivity contribution in [3.05, 3.63) is 35.4 Å². The van der Waals surface area contributed by atoms with E-state index in [1.54, 1.807) is 0 Å². The van der Waals surface area contributed by atoms with Gasteiger partial charge in [-0.15, -0.1) is 0 Å². The smallest absolute Gasteiger partial charge is 0.312 e. The van der Waals surface area contributed by atoms with Gasteiger partial charge < -0.3 is 9.84 Å². The third kappa shape index (κ3) is 2.36. The van der Waals surface area contributed by atoms with Crippen LogP contribution in [0.25, 0.3) is 0 Å². The van der Waals surface area contributed by atoms with E-state index >= 15 is 0 Å². The maximum atomic E-state index is 13.6. The fraction of sp³-hybridized carbons (Fsp3) is 0.462. The number of carboxylic acids is 1. The lowest BCUT2D eigenvalue weighted by molar-refractivity contribution is -0.157. The molecule has 1 fully saturated rings. The zero-order valence-electron chi connectivity index (χ0n) is 9.79. The van der Waals surface area contributed by atoms with Gasteiger partial charge in [-0.3, -0.25) is 4.79 Å². The average molecular weight is 256 g/mol. The first-order chi connectivity index (χ1) is 8.55. The normalized spacial score (nSPS) is 23.9. The summed E-state index contributed by atoms with van der Waals surface area (Å²) in [5.41, 5.74) is -1.40. The fourth-order valence-corrected chi connectivity index (χ4v) is 2.28. The van der Waals surface area contributed by atoms with Crippen LogP contribution in [0.2, 0.25) is 0 Å². The minimum absolute atomic E-state index is 0.00386. The van der Waals surface area contributed by atoms with E-state index in [-0.39, 0.29) is 18.6 Å². The molecule has 0 radical (unpaired) electrons. The topological polar surface area (TPSA) is 46.5 Å². The van der Waals surface area contributed by atoms with Crippen molar-refractivity contribution in [2.45, 2.75) is 19.3 Å². The summed E-state index contributed by atoms with van der Waals surface area (Å²) in [6.45, 7) is 0.491. The quantitative estimate of drug-likeness (QED) is 0.903. The number of hydrogen-bond donors (Lipinski definition) is 1. The van der Waals surface area contributed by atoms with Gasteiger partial charge in [0.05, 0.1) is 12.0 Å². The molecular weight excluding hydrogens is 242 g/mol. The van der Waals surface area contributed by atoms with E-state index in [0.717, 1.165) is 12.1 Å². The van der Waals surface area contributed by atoms with Crippen molar-refractivity contribution in [3.8, 4) is 0 Å². The van der Waals surface area contributed by atoms with E-state index < -0.39 is 23.0 Å². The largest absolute Gasteiger partial charge is 0.481 e. The standard InChI is InChI=1S/C13H14F2O3/c14-10-3-1-4-11(15)9(10)7-13(12(16)17)5-2-6-18-8-13/h1,3-4H,2,5-8H2,(H,16,17). The number of aliphatic carboxylic acids is 1. The van der Waals surface area contributed by atoms with Crippen molar-refractivity contribution in [2.24, 2.45) is 5.41 Å². The second-order valence-electron chi connectivity index (χ2n) is 4.62. The predicted octanol–water partition coefficient (Wildman–Crippen LogP) is 2.39. The third-order valence-corrected chi connectivity index (χ3v) is 3.35. The van der Waals surface area contributed by atoms with Crippen molar-refractivity contribution in [2.75, 3.05) is 13.2 Å². The number of carboxylic acid groups (broad SMARTS) is 1. The molecule has 18 heavy (non-hydrogen) atoms. The molecule has 2 rings (SSSR count). The van der Waals surface area contributed by atoms with Gasteiger partial charge in [0.2, 0.25) is 0 Å². The van der Waals surface area contributed by atoms with Crippen molar-refractivity contribution in [1.82, 2.24) is 0 Å². The highest BCUT2D eigenvalue weighted by Crippen LogP contribution is 2.34. The van der Waals surface area contributed by atoms with Crippen LogP contribution < -0.4 is 0 Å². The fourth-order valence-electron chi connectivity index (χ4n) is 2.28. The average Bonchev–Trinajstić information content (AvgIpc) is 2.35. The first-order valence-corrected chi connectivity index (χ1v) is 5.79. The van der Waals surface area contributed by atoms with Crippen molar-refractivity contribution >= 4 is 5.97 Å². The number of ether oxygens (including phenoxy) is 1. The zero-order chi connectivity index (χ0) is 13.2. The van der Waals surface area contributed by atoms with E-state index in [1.807, 2.05) is 0 Å². The summed E-state index contributed by atoms with van der Waals surface area (Å²) < 4.78 is 32.3. The van der Waals surface area contributed by atoms with Gasteiger partial charge in [0.1, 0.15) is 11.6 Å². The van der Waals surface area contributed by atoms with E-state index in [2.05, 4.69) is 0 Å². The minimum atomic E-state index is -1.22. The number of hydrogen-bond acceptors (Lipinski definition) is 2. The van der Waals surface area contributed by atoms with Gasteiger partial charge in [0.15, 0.2) is 0 Å². The molecule has 0 saturated carbocycles.